The molecule has 3 aromatic rings. The SMILES string of the molecule is CCCCOC(=O)c1ccc(N2COc3ccc4c5c(c(=O)oc4c3C2)CCC5)cc1. The summed E-state index contributed by atoms with van der Waals surface area (Å²) in [4.78, 5) is 26.7. The van der Waals surface area contributed by atoms with Crippen molar-refractivity contribution >= 4 is 22.6 Å². The van der Waals surface area contributed by atoms with Crippen molar-refractivity contribution in [3.63, 3.8) is 0 Å². The number of hydrogen-bond donors (Lipinski definition) is 0. The first-order chi connectivity index (χ1) is 15.2. The van der Waals surface area contributed by atoms with E-state index in [1.54, 1.807) is 12.1 Å². The zero-order chi connectivity index (χ0) is 21.4. The summed E-state index contributed by atoms with van der Waals surface area (Å²) >= 11 is 0. The van der Waals surface area contributed by atoms with Crippen molar-refractivity contribution in [2.75, 3.05) is 18.2 Å². The van der Waals surface area contributed by atoms with E-state index < -0.39 is 0 Å². The molecule has 0 saturated carbocycles. The summed E-state index contributed by atoms with van der Waals surface area (Å²) in [6.45, 7) is 3.45. The van der Waals surface area contributed by atoms with Crippen molar-refractivity contribution in [1.29, 1.82) is 0 Å². The smallest absolute Gasteiger partial charge is 0.339 e. The molecule has 6 nitrogen and oxygen atoms in total. The van der Waals surface area contributed by atoms with Crippen molar-refractivity contribution in [3.8, 4) is 5.75 Å². The Bertz CT molecular complexity index is 1200. The van der Waals surface area contributed by atoms with Crippen LogP contribution in [0.25, 0.3) is 11.0 Å². The lowest BCUT2D eigenvalue weighted by Gasteiger charge is -2.31. The molecule has 0 radical (unpaired) electrons. The van der Waals surface area contributed by atoms with Gasteiger partial charge in [-0.3, -0.25) is 0 Å². The van der Waals surface area contributed by atoms with Gasteiger partial charge in [0.25, 0.3) is 0 Å². The molecular weight excluding hydrogens is 394 g/mol. The molecule has 0 fully saturated rings. The lowest BCUT2D eigenvalue weighted by molar-refractivity contribution is 0.0500. The summed E-state index contributed by atoms with van der Waals surface area (Å²) < 4.78 is 17.0. The largest absolute Gasteiger partial charge is 0.473 e. The van der Waals surface area contributed by atoms with Crippen LogP contribution in [0.15, 0.2) is 45.6 Å². The number of anilines is 1. The second kappa shape index (κ2) is 8.10. The molecule has 2 aromatic carbocycles. The van der Waals surface area contributed by atoms with Gasteiger partial charge in [0.1, 0.15) is 11.3 Å². The molecule has 31 heavy (non-hydrogen) atoms. The molecule has 0 atom stereocenters. The Balaban J connectivity index is 1.42. The molecule has 160 valence electrons. The van der Waals surface area contributed by atoms with Crippen molar-refractivity contribution in [1.82, 2.24) is 0 Å². The summed E-state index contributed by atoms with van der Waals surface area (Å²) in [5.41, 5.74) is 4.69. The molecule has 0 bridgehead atoms. The van der Waals surface area contributed by atoms with Gasteiger partial charge in [0.2, 0.25) is 0 Å². The Hall–Kier alpha value is -3.28. The van der Waals surface area contributed by atoms with Gasteiger partial charge in [0.05, 0.1) is 24.3 Å². The Morgan fingerprint density at radius 3 is 2.68 bits per heavy atom. The van der Waals surface area contributed by atoms with Gasteiger partial charge in [-0.1, -0.05) is 13.3 Å². The van der Waals surface area contributed by atoms with Gasteiger partial charge in [0.15, 0.2) is 6.73 Å². The number of benzene rings is 2. The number of carbonyl (C=O) groups is 1. The van der Waals surface area contributed by atoms with Gasteiger partial charge in [-0.15, -0.1) is 0 Å². The van der Waals surface area contributed by atoms with E-state index in [2.05, 4.69) is 11.8 Å². The number of rotatable bonds is 5. The maximum Gasteiger partial charge on any atom is 0.339 e. The number of ether oxygens (including phenoxy) is 2. The molecule has 1 aliphatic carbocycles. The zero-order valence-electron chi connectivity index (χ0n) is 17.6. The third-order valence-corrected chi connectivity index (χ3v) is 6.13. The second-order valence-corrected chi connectivity index (χ2v) is 8.13. The normalized spacial score (nSPS) is 14.8. The molecule has 0 N–H and O–H groups in total. The zero-order valence-corrected chi connectivity index (χ0v) is 17.6. The summed E-state index contributed by atoms with van der Waals surface area (Å²) in [5.74, 6) is 0.447. The maximum atomic E-state index is 12.5. The van der Waals surface area contributed by atoms with Gasteiger partial charge in [-0.25, -0.2) is 9.59 Å². The third-order valence-electron chi connectivity index (χ3n) is 6.13. The molecule has 0 spiro atoms. The summed E-state index contributed by atoms with van der Waals surface area (Å²) in [5, 5.41) is 1.02. The number of esters is 1. The fourth-order valence-corrected chi connectivity index (χ4v) is 4.42. The standard InChI is InChI=1S/C25H25NO5/c1-2-3-13-29-24(27)16-7-9-17(10-8-16)26-14-21-22(30-15-26)12-11-19-18-5-4-6-20(18)25(28)31-23(19)21/h7-12H,2-6,13-15H2,1H3. The van der Waals surface area contributed by atoms with E-state index in [0.717, 1.165) is 65.6 Å². The van der Waals surface area contributed by atoms with Crippen LogP contribution in [-0.2, 0) is 24.1 Å². The van der Waals surface area contributed by atoms with Crippen LogP contribution in [0.5, 0.6) is 5.75 Å². The number of nitrogens with zero attached hydrogens (tertiary/aromatic N) is 1. The van der Waals surface area contributed by atoms with Crippen LogP contribution in [0.2, 0.25) is 0 Å². The van der Waals surface area contributed by atoms with E-state index in [4.69, 9.17) is 13.9 Å². The fraction of sp³-hybridized carbons (Fsp3) is 0.360. The van der Waals surface area contributed by atoms with Crippen molar-refractivity contribution in [2.24, 2.45) is 0 Å². The van der Waals surface area contributed by atoms with Gasteiger partial charge < -0.3 is 18.8 Å². The molecule has 0 saturated heterocycles. The van der Waals surface area contributed by atoms with E-state index >= 15 is 0 Å². The Kier molecular flexibility index (Phi) is 5.14. The van der Waals surface area contributed by atoms with Crippen molar-refractivity contribution < 1.29 is 18.7 Å². The van der Waals surface area contributed by atoms with Gasteiger partial charge >= 0.3 is 11.6 Å². The Morgan fingerprint density at radius 2 is 1.87 bits per heavy atom. The van der Waals surface area contributed by atoms with Crippen molar-refractivity contribution in [2.45, 2.75) is 45.6 Å². The number of fused-ring (bicyclic) bond motifs is 5. The molecule has 6 heteroatoms. The second-order valence-electron chi connectivity index (χ2n) is 8.13. The first-order valence-corrected chi connectivity index (χ1v) is 10.9. The molecule has 5 rings (SSSR count). The summed E-state index contributed by atoms with van der Waals surface area (Å²) in [6, 6.07) is 11.3. The highest BCUT2D eigenvalue weighted by molar-refractivity contribution is 5.90. The molecule has 0 amide bonds. The van der Waals surface area contributed by atoms with Crippen LogP contribution in [0.3, 0.4) is 0 Å². The van der Waals surface area contributed by atoms with Crippen LogP contribution >= 0.6 is 0 Å². The van der Waals surface area contributed by atoms with Crippen LogP contribution in [0, 0.1) is 0 Å². The number of unbranched alkanes of at least 4 members (excludes halogenated alkanes) is 1. The van der Waals surface area contributed by atoms with Crippen molar-refractivity contribution in [3.05, 3.63) is 69.1 Å². The molecule has 2 heterocycles. The van der Waals surface area contributed by atoms with E-state index in [0.29, 0.717) is 31.0 Å². The first-order valence-electron chi connectivity index (χ1n) is 10.9. The summed E-state index contributed by atoms with van der Waals surface area (Å²) in [7, 11) is 0. The van der Waals surface area contributed by atoms with E-state index in [1.165, 1.54) is 0 Å². The van der Waals surface area contributed by atoms with E-state index in [9.17, 15) is 9.59 Å². The van der Waals surface area contributed by atoms with Crippen LogP contribution in [0.1, 0.15) is 53.2 Å². The fourth-order valence-electron chi connectivity index (χ4n) is 4.42. The number of aryl methyl sites for hydroxylation is 1. The van der Waals surface area contributed by atoms with Gasteiger partial charge in [0, 0.05) is 16.6 Å². The molecule has 0 unspecified atom stereocenters. The first kappa shape index (κ1) is 19.7. The lowest BCUT2D eigenvalue weighted by Crippen LogP contribution is -2.32. The Labute approximate surface area is 180 Å². The minimum Gasteiger partial charge on any atom is -0.473 e. The van der Waals surface area contributed by atoms with Crippen LogP contribution in [0.4, 0.5) is 5.69 Å². The van der Waals surface area contributed by atoms with Crippen LogP contribution < -0.4 is 15.3 Å². The highest BCUT2D eigenvalue weighted by atomic mass is 16.5. The summed E-state index contributed by atoms with van der Waals surface area (Å²) in [6.07, 6.45) is 4.55. The van der Waals surface area contributed by atoms with Gasteiger partial charge in [-0.05, 0) is 67.6 Å². The van der Waals surface area contributed by atoms with E-state index in [1.807, 2.05) is 24.3 Å². The lowest BCUT2D eigenvalue weighted by atomic mass is 10.0. The molecule has 1 aliphatic heterocycles. The predicted octanol–water partition coefficient (Wildman–Crippen LogP) is 4.60. The van der Waals surface area contributed by atoms with E-state index in [-0.39, 0.29) is 11.6 Å². The Morgan fingerprint density at radius 1 is 1.06 bits per heavy atom. The average Bonchev–Trinajstić information content (AvgIpc) is 3.30. The molecular formula is C25H25NO5. The van der Waals surface area contributed by atoms with Crippen LogP contribution in [-0.4, -0.2) is 19.3 Å². The number of hydrogen-bond acceptors (Lipinski definition) is 6. The minimum atomic E-state index is -0.304. The van der Waals surface area contributed by atoms with Gasteiger partial charge in [-0.2, -0.15) is 0 Å². The third kappa shape index (κ3) is 3.56. The average molecular weight is 419 g/mol. The highest BCUT2D eigenvalue weighted by Crippen LogP contribution is 2.37. The quantitative estimate of drug-likeness (QED) is 0.342. The maximum absolute atomic E-state index is 12.5. The highest BCUT2D eigenvalue weighted by Gasteiger charge is 2.26. The number of carbonyl (C=O) groups excluding carboxylic acids is 1. The molecule has 1 aromatic heterocycles. The minimum absolute atomic E-state index is 0.225. The predicted molar refractivity (Wildman–Crippen MR) is 118 cm³/mol. The topological polar surface area (TPSA) is 69.0 Å². The monoisotopic (exact) mass is 419 g/mol. The molecule has 2 aliphatic rings.